The van der Waals surface area contributed by atoms with Crippen molar-refractivity contribution in [2.45, 2.75) is 18.9 Å². The van der Waals surface area contributed by atoms with Gasteiger partial charge in [0.1, 0.15) is 0 Å². The summed E-state index contributed by atoms with van der Waals surface area (Å²) in [6.07, 6.45) is 5.00. The van der Waals surface area contributed by atoms with Crippen molar-refractivity contribution < 1.29 is 14.7 Å². The molecule has 3 heterocycles. The lowest BCUT2D eigenvalue weighted by Crippen LogP contribution is -2.46. The lowest BCUT2D eigenvalue weighted by molar-refractivity contribution is -0.142. The minimum atomic E-state index is -0.842. The fourth-order valence-electron chi connectivity index (χ4n) is 3.67. The van der Waals surface area contributed by atoms with Crippen molar-refractivity contribution in [2.75, 3.05) is 46.3 Å². The van der Waals surface area contributed by atoms with Crippen molar-refractivity contribution in [3.05, 3.63) is 24.0 Å². The topological polar surface area (TPSA) is 89.9 Å². The number of nitrogens with zero attached hydrogens (tertiary/aromatic N) is 5. The molecule has 2 fully saturated rings. The largest absolute Gasteiger partial charge is 0.481 e. The van der Waals surface area contributed by atoms with Gasteiger partial charge in [-0.3, -0.25) is 14.5 Å². The fourth-order valence-corrected chi connectivity index (χ4v) is 3.67. The van der Waals surface area contributed by atoms with Crippen LogP contribution in [0.2, 0.25) is 0 Å². The third-order valence-corrected chi connectivity index (χ3v) is 5.22. The van der Waals surface area contributed by atoms with Gasteiger partial charge in [-0.25, -0.2) is 0 Å². The second-order valence-electron chi connectivity index (χ2n) is 6.95. The van der Waals surface area contributed by atoms with Crippen LogP contribution in [0.1, 0.15) is 23.2 Å². The summed E-state index contributed by atoms with van der Waals surface area (Å²) in [4.78, 5) is 30.6. The maximum Gasteiger partial charge on any atom is 0.309 e. The molecule has 3 rings (SSSR count). The molecule has 0 unspecified atom stereocenters. The highest BCUT2D eigenvalue weighted by Crippen LogP contribution is 2.20. The summed E-state index contributed by atoms with van der Waals surface area (Å²) in [6.45, 7) is 4.05. The highest BCUT2D eigenvalue weighted by molar-refractivity contribution is 5.94. The van der Waals surface area contributed by atoms with Crippen LogP contribution in [0.25, 0.3) is 0 Å². The summed E-state index contributed by atoms with van der Waals surface area (Å²) >= 11 is 0. The quantitative estimate of drug-likeness (QED) is 0.825. The number of likely N-dealkylation sites (tertiary alicyclic amines) is 1. The van der Waals surface area contributed by atoms with E-state index in [1.165, 1.54) is 12.4 Å². The monoisotopic (exact) mass is 347 g/mol. The average Bonchev–Trinajstić information content (AvgIpc) is 2.86. The van der Waals surface area contributed by atoms with Crippen LogP contribution in [0.3, 0.4) is 0 Å². The van der Waals surface area contributed by atoms with Crippen LogP contribution >= 0.6 is 0 Å². The van der Waals surface area contributed by atoms with Gasteiger partial charge in [0.25, 0.3) is 5.91 Å². The zero-order valence-corrected chi connectivity index (χ0v) is 14.5. The number of aliphatic carboxylic acids is 1. The molecule has 1 amide bonds. The number of piperidine rings is 1. The van der Waals surface area contributed by atoms with Gasteiger partial charge in [0.2, 0.25) is 0 Å². The maximum absolute atomic E-state index is 12.7. The molecule has 0 saturated carbocycles. The van der Waals surface area contributed by atoms with Crippen LogP contribution in [0, 0.1) is 5.92 Å². The number of hydrogen-bond donors (Lipinski definition) is 1. The van der Waals surface area contributed by atoms with E-state index in [0.29, 0.717) is 31.2 Å². The van der Waals surface area contributed by atoms with E-state index in [1.807, 2.05) is 0 Å². The summed E-state index contributed by atoms with van der Waals surface area (Å²) in [5, 5.41) is 17.0. The summed E-state index contributed by atoms with van der Waals surface area (Å²) in [6, 6.07) is 2.01. The predicted octanol–water partition coefficient (Wildman–Crippen LogP) is 0.0294. The molecule has 0 bridgehead atoms. The first-order valence-corrected chi connectivity index (χ1v) is 8.76. The van der Waals surface area contributed by atoms with E-state index in [9.17, 15) is 14.7 Å². The van der Waals surface area contributed by atoms with Gasteiger partial charge < -0.3 is 14.9 Å². The molecule has 0 aliphatic carbocycles. The lowest BCUT2D eigenvalue weighted by Gasteiger charge is -2.37. The van der Waals surface area contributed by atoms with E-state index in [4.69, 9.17) is 0 Å². The predicted molar refractivity (Wildman–Crippen MR) is 91.2 cm³/mol. The molecule has 8 nitrogen and oxygen atoms in total. The van der Waals surface area contributed by atoms with Crippen molar-refractivity contribution in [1.82, 2.24) is 24.9 Å². The highest BCUT2D eigenvalue weighted by atomic mass is 16.4. The Balaban J connectivity index is 1.71. The Morgan fingerprint density at radius 2 is 1.88 bits per heavy atom. The molecular formula is C17H25N5O3. The summed E-state index contributed by atoms with van der Waals surface area (Å²) in [7, 11) is 2.11. The van der Waals surface area contributed by atoms with Gasteiger partial charge in [-0.15, -0.1) is 0 Å². The molecule has 2 aliphatic rings. The molecule has 0 spiro atoms. The number of carbonyl (C=O) groups excluding carboxylic acids is 1. The fraction of sp³-hybridized carbons (Fsp3) is 0.647. The maximum atomic E-state index is 12.7. The Bertz CT molecular complexity index is 604. The molecule has 1 aromatic rings. The molecule has 136 valence electrons. The number of carboxylic acids is 1. The van der Waals surface area contributed by atoms with Crippen LogP contribution in [-0.4, -0.2) is 94.2 Å². The molecule has 0 radical (unpaired) electrons. The summed E-state index contributed by atoms with van der Waals surface area (Å²) in [5.41, 5.74) is 0.451. The van der Waals surface area contributed by atoms with Crippen LogP contribution in [0.4, 0.5) is 0 Å². The van der Waals surface area contributed by atoms with Crippen LogP contribution in [-0.2, 0) is 4.79 Å². The second kappa shape index (κ2) is 7.88. The van der Waals surface area contributed by atoms with Crippen molar-refractivity contribution >= 4 is 11.9 Å². The van der Waals surface area contributed by atoms with Crippen LogP contribution in [0.5, 0.6) is 0 Å². The third kappa shape index (κ3) is 4.32. The Kier molecular flexibility index (Phi) is 5.60. The average molecular weight is 347 g/mol. The molecule has 0 aromatic carbocycles. The minimum Gasteiger partial charge on any atom is -0.481 e. The Morgan fingerprint density at radius 1 is 1.12 bits per heavy atom. The molecular weight excluding hydrogens is 322 g/mol. The molecule has 1 aromatic heterocycles. The van der Waals surface area contributed by atoms with E-state index in [2.05, 4.69) is 27.0 Å². The van der Waals surface area contributed by atoms with Crippen LogP contribution in [0.15, 0.2) is 18.5 Å². The first kappa shape index (κ1) is 17.8. The minimum absolute atomic E-state index is 0.175. The smallest absolute Gasteiger partial charge is 0.309 e. The normalized spacial score (nSPS) is 24.0. The molecule has 25 heavy (non-hydrogen) atoms. The summed E-state index contributed by atoms with van der Waals surface area (Å²) in [5.74, 6) is -1.59. The number of carbonyl (C=O) groups is 2. The molecule has 1 N–H and O–H groups in total. The van der Waals surface area contributed by atoms with E-state index in [-0.39, 0.29) is 12.5 Å². The molecule has 2 aliphatic heterocycles. The van der Waals surface area contributed by atoms with E-state index in [0.717, 1.165) is 25.9 Å². The second-order valence-corrected chi connectivity index (χ2v) is 6.95. The number of aromatic nitrogens is 2. The van der Waals surface area contributed by atoms with E-state index >= 15 is 0 Å². The van der Waals surface area contributed by atoms with Gasteiger partial charge in [0.15, 0.2) is 0 Å². The Hall–Kier alpha value is -2.06. The van der Waals surface area contributed by atoms with Crippen molar-refractivity contribution in [2.24, 2.45) is 5.92 Å². The van der Waals surface area contributed by atoms with Crippen LogP contribution < -0.4 is 0 Å². The van der Waals surface area contributed by atoms with E-state index in [1.54, 1.807) is 11.0 Å². The first-order chi connectivity index (χ1) is 12.0. The lowest BCUT2D eigenvalue weighted by atomic mass is 10.0. The number of hydrogen-bond acceptors (Lipinski definition) is 6. The third-order valence-electron chi connectivity index (χ3n) is 5.22. The number of carboxylic acid groups (broad SMARTS) is 1. The Labute approximate surface area is 147 Å². The van der Waals surface area contributed by atoms with Gasteiger partial charge in [-0.1, -0.05) is 0 Å². The molecule has 8 heteroatoms. The first-order valence-electron chi connectivity index (χ1n) is 8.76. The van der Waals surface area contributed by atoms with Crippen molar-refractivity contribution in [3.8, 4) is 0 Å². The number of rotatable bonds is 3. The highest BCUT2D eigenvalue weighted by Gasteiger charge is 2.33. The van der Waals surface area contributed by atoms with Crippen molar-refractivity contribution in [1.29, 1.82) is 0 Å². The SMILES string of the molecule is CN1CCC(N2CCN(C(=O)c3ccnnc3)C[C@H](C(=O)O)C2)CC1. The number of amides is 1. The van der Waals surface area contributed by atoms with Gasteiger partial charge in [0.05, 0.1) is 23.9 Å². The van der Waals surface area contributed by atoms with Crippen molar-refractivity contribution in [3.63, 3.8) is 0 Å². The van der Waals surface area contributed by atoms with Gasteiger partial charge in [-0.2, -0.15) is 10.2 Å². The molecule has 2 saturated heterocycles. The van der Waals surface area contributed by atoms with E-state index < -0.39 is 11.9 Å². The van der Waals surface area contributed by atoms with Gasteiger partial charge >= 0.3 is 5.97 Å². The molecule has 1 atom stereocenters. The Morgan fingerprint density at radius 3 is 2.52 bits per heavy atom. The zero-order chi connectivity index (χ0) is 17.8. The van der Waals surface area contributed by atoms with Gasteiger partial charge in [0, 0.05) is 32.2 Å². The van der Waals surface area contributed by atoms with Gasteiger partial charge in [-0.05, 0) is 39.0 Å². The summed E-state index contributed by atoms with van der Waals surface area (Å²) < 4.78 is 0. The zero-order valence-electron chi connectivity index (χ0n) is 14.5. The standard InChI is InChI=1S/C17H25N5O3/c1-20-6-3-15(4-7-20)21-8-9-22(12-14(11-21)17(24)25)16(23)13-2-5-18-19-10-13/h2,5,10,14-15H,3-4,6-9,11-12H2,1H3,(H,24,25)/t14-/m1/s1.